The second kappa shape index (κ2) is 7.77. The van der Waals surface area contributed by atoms with Crippen molar-refractivity contribution in [3.8, 4) is 0 Å². The van der Waals surface area contributed by atoms with Gasteiger partial charge in [-0.15, -0.1) is 0 Å². The highest BCUT2D eigenvalue weighted by atomic mass is 16.5. The Kier molecular flexibility index (Phi) is 6.31. The van der Waals surface area contributed by atoms with Gasteiger partial charge in [0.25, 0.3) is 0 Å². The molecule has 2 saturated heterocycles. The van der Waals surface area contributed by atoms with Gasteiger partial charge in [-0.25, -0.2) is 0 Å². The Bertz CT molecular complexity index is 278. The maximum Gasteiger partial charge on any atom is 0.0666 e. The van der Waals surface area contributed by atoms with Crippen LogP contribution in [0, 0.1) is 0 Å². The largest absolute Gasteiger partial charge is 0.375 e. The topological polar surface area (TPSA) is 24.5 Å². The van der Waals surface area contributed by atoms with Gasteiger partial charge in [-0.2, -0.15) is 0 Å². The lowest BCUT2D eigenvalue weighted by molar-refractivity contribution is -0.0975. The molecular formula is C17H34N2O. The molecule has 3 nitrogen and oxygen atoms in total. The average molecular weight is 282 g/mol. The van der Waals surface area contributed by atoms with Crippen molar-refractivity contribution in [3.63, 3.8) is 0 Å². The third-order valence-corrected chi connectivity index (χ3v) is 5.21. The highest BCUT2D eigenvalue weighted by Gasteiger charge is 2.34. The van der Waals surface area contributed by atoms with E-state index in [4.69, 9.17) is 4.74 Å². The SMILES string of the molecule is CCCN(CC1CCCCN1)C1CCOC(C)(CC)C1. The molecular weight excluding hydrogens is 248 g/mol. The van der Waals surface area contributed by atoms with Gasteiger partial charge >= 0.3 is 0 Å². The maximum atomic E-state index is 6.02. The summed E-state index contributed by atoms with van der Waals surface area (Å²) in [6, 6.07) is 1.43. The molecule has 2 heterocycles. The number of hydrogen-bond donors (Lipinski definition) is 1. The summed E-state index contributed by atoms with van der Waals surface area (Å²) in [5.74, 6) is 0. The fourth-order valence-corrected chi connectivity index (χ4v) is 3.73. The number of nitrogens with zero attached hydrogens (tertiary/aromatic N) is 1. The third-order valence-electron chi connectivity index (χ3n) is 5.21. The molecule has 2 rings (SSSR count). The summed E-state index contributed by atoms with van der Waals surface area (Å²) < 4.78 is 6.02. The molecule has 0 radical (unpaired) electrons. The zero-order chi connectivity index (χ0) is 14.4. The Hall–Kier alpha value is -0.120. The lowest BCUT2D eigenvalue weighted by atomic mass is 9.88. The van der Waals surface area contributed by atoms with Gasteiger partial charge in [-0.1, -0.05) is 20.3 Å². The quantitative estimate of drug-likeness (QED) is 0.810. The van der Waals surface area contributed by atoms with Crippen molar-refractivity contribution >= 4 is 0 Å². The van der Waals surface area contributed by atoms with Crippen LogP contribution in [0.5, 0.6) is 0 Å². The normalized spacial score (nSPS) is 35.4. The lowest BCUT2D eigenvalue weighted by Crippen LogP contribution is -2.52. The van der Waals surface area contributed by atoms with Gasteiger partial charge in [-0.05, 0) is 58.5 Å². The molecule has 1 N–H and O–H groups in total. The molecule has 2 aliphatic heterocycles. The monoisotopic (exact) mass is 282 g/mol. The predicted octanol–water partition coefficient (Wildman–Crippen LogP) is 3.19. The molecule has 0 amide bonds. The highest BCUT2D eigenvalue weighted by molar-refractivity contribution is 4.89. The standard InChI is InChI=1S/C17H34N2O/c1-4-11-19(14-15-8-6-7-10-18-15)16-9-12-20-17(3,5-2)13-16/h15-16,18H,4-14H2,1-3H3. The summed E-state index contributed by atoms with van der Waals surface area (Å²) in [7, 11) is 0. The molecule has 20 heavy (non-hydrogen) atoms. The minimum Gasteiger partial charge on any atom is -0.375 e. The Morgan fingerprint density at radius 1 is 1.25 bits per heavy atom. The third kappa shape index (κ3) is 4.44. The molecule has 3 atom stereocenters. The Morgan fingerprint density at radius 3 is 2.75 bits per heavy atom. The van der Waals surface area contributed by atoms with Crippen LogP contribution >= 0.6 is 0 Å². The summed E-state index contributed by atoms with van der Waals surface area (Å²) in [5.41, 5.74) is 0.106. The van der Waals surface area contributed by atoms with Crippen LogP contribution in [0.4, 0.5) is 0 Å². The van der Waals surface area contributed by atoms with Gasteiger partial charge in [0.15, 0.2) is 0 Å². The Balaban J connectivity index is 1.92. The number of ether oxygens (including phenoxy) is 1. The van der Waals surface area contributed by atoms with E-state index in [2.05, 4.69) is 31.0 Å². The summed E-state index contributed by atoms with van der Waals surface area (Å²) in [6.07, 6.45) is 8.92. The van der Waals surface area contributed by atoms with Crippen molar-refractivity contribution in [3.05, 3.63) is 0 Å². The van der Waals surface area contributed by atoms with Gasteiger partial charge in [0.05, 0.1) is 5.60 Å². The van der Waals surface area contributed by atoms with Crippen LogP contribution in [0.2, 0.25) is 0 Å². The van der Waals surface area contributed by atoms with E-state index in [1.807, 2.05) is 0 Å². The van der Waals surface area contributed by atoms with Crippen LogP contribution in [0.25, 0.3) is 0 Å². The second-order valence-corrected chi connectivity index (χ2v) is 6.94. The highest BCUT2D eigenvalue weighted by Crippen LogP contribution is 2.30. The van der Waals surface area contributed by atoms with Crippen LogP contribution < -0.4 is 5.32 Å². The van der Waals surface area contributed by atoms with E-state index < -0.39 is 0 Å². The first kappa shape index (κ1) is 16.3. The van der Waals surface area contributed by atoms with Gasteiger partial charge in [0.2, 0.25) is 0 Å². The van der Waals surface area contributed by atoms with E-state index in [1.165, 1.54) is 58.2 Å². The summed E-state index contributed by atoms with van der Waals surface area (Å²) >= 11 is 0. The van der Waals surface area contributed by atoms with Gasteiger partial charge in [0, 0.05) is 25.2 Å². The molecule has 0 saturated carbocycles. The van der Waals surface area contributed by atoms with E-state index >= 15 is 0 Å². The minimum atomic E-state index is 0.106. The zero-order valence-electron chi connectivity index (χ0n) is 13.8. The molecule has 0 aromatic carbocycles. The van der Waals surface area contributed by atoms with E-state index in [9.17, 15) is 0 Å². The molecule has 3 unspecified atom stereocenters. The number of piperidine rings is 1. The second-order valence-electron chi connectivity index (χ2n) is 6.94. The van der Waals surface area contributed by atoms with Crippen LogP contribution in [0.15, 0.2) is 0 Å². The average Bonchev–Trinajstić information content (AvgIpc) is 2.48. The molecule has 0 aromatic heterocycles. The molecule has 2 aliphatic rings. The number of rotatable bonds is 6. The molecule has 0 aromatic rings. The van der Waals surface area contributed by atoms with E-state index in [0.29, 0.717) is 6.04 Å². The lowest BCUT2D eigenvalue weighted by Gasteiger charge is -2.44. The predicted molar refractivity (Wildman–Crippen MR) is 85.2 cm³/mol. The van der Waals surface area contributed by atoms with Gasteiger partial charge in [0.1, 0.15) is 0 Å². The van der Waals surface area contributed by atoms with E-state index in [1.54, 1.807) is 0 Å². The van der Waals surface area contributed by atoms with Gasteiger partial charge in [-0.3, -0.25) is 4.90 Å². The van der Waals surface area contributed by atoms with Crippen molar-refractivity contribution in [1.82, 2.24) is 10.2 Å². The van der Waals surface area contributed by atoms with Crippen LogP contribution in [0.3, 0.4) is 0 Å². The summed E-state index contributed by atoms with van der Waals surface area (Å²) in [4.78, 5) is 2.75. The first-order chi connectivity index (χ1) is 9.67. The van der Waals surface area contributed by atoms with Gasteiger partial charge < -0.3 is 10.1 Å². The van der Waals surface area contributed by atoms with E-state index in [-0.39, 0.29) is 5.60 Å². The number of hydrogen-bond acceptors (Lipinski definition) is 3. The molecule has 118 valence electrons. The van der Waals surface area contributed by atoms with Crippen LogP contribution in [0.1, 0.15) is 65.7 Å². The molecule has 0 spiro atoms. The first-order valence-electron chi connectivity index (χ1n) is 8.78. The van der Waals surface area contributed by atoms with Crippen LogP contribution in [-0.4, -0.2) is 48.8 Å². The van der Waals surface area contributed by atoms with Crippen molar-refractivity contribution in [1.29, 1.82) is 0 Å². The Labute approximate surface area is 125 Å². The maximum absolute atomic E-state index is 6.02. The van der Waals surface area contributed by atoms with Crippen molar-refractivity contribution in [2.45, 2.75) is 83.4 Å². The molecule has 3 heteroatoms. The fourth-order valence-electron chi connectivity index (χ4n) is 3.73. The summed E-state index contributed by atoms with van der Waals surface area (Å²) in [5, 5.41) is 3.71. The van der Waals surface area contributed by atoms with E-state index in [0.717, 1.165) is 19.1 Å². The molecule has 0 aliphatic carbocycles. The molecule has 0 bridgehead atoms. The van der Waals surface area contributed by atoms with Crippen molar-refractivity contribution in [2.75, 3.05) is 26.2 Å². The smallest absolute Gasteiger partial charge is 0.0666 e. The fraction of sp³-hybridized carbons (Fsp3) is 1.00. The zero-order valence-corrected chi connectivity index (χ0v) is 13.8. The minimum absolute atomic E-state index is 0.106. The van der Waals surface area contributed by atoms with Crippen molar-refractivity contribution in [2.24, 2.45) is 0 Å². The summed E-state index contributed by atoms with van der Waals surface area (Å²) in [6.45, 7) is 11.5. The Morgan fingerprint density at radius 2 is 2.10 bits per heavy atom. The van der Waals surface area contributed by atoms with Crippen molar-refractivity contribution < 1.29 is 4.74 Å². The first-order valence-corrected chi connectivity index (χ1v) is 8.78. The number of nitrogens with one attached hydrogen (secondary N) is 1. The molecule has 2 fully saturated rings. The van der Waals surface area contributed by atoms with Crippen LogP contribution in [-0.2, 0) is 4.74 Å².